The molecular formula is C17H23NO3S. The van der Waals surface area contributed by atoms with Gasteiger partial charge in [-0.05, 0) is 36.3 Å². The maximum absolute atomic E-state index is 12.6. The first-order chi connectivity index (χ1) is 10.6. The van der Waals surface area contributed by atoms with Crippen molar-refractivity contribution in [3.8, 4) is 0 Å². The lowest BCUT2D eigenvalue weighted by atomic mass is 10.0. The van der Waals surface area contributed by atoms with Crippen molar-refractivity contribution in [1.29, 1.82) is 0 Å². The Kier molecular flexibility index (Phi) is 4.96. The van der Waals surface area contributed by atoms with E-state index in [0.717, 1.165) is 19.3 Å². The van der Waals surface area contributed by atoms with Crippen molar-refractivity contribution in [2.75, 3.05) is 32.1 Å². The molecule has 0 N–H and O–H groups in total. The van der Waals surface area contributed by atoms with Crippen LogP contribution >= 0.6 is 0 Å². The van der Waals surface area contributed by atoms with Crippen LogP contribution in [0.2, 0.25) is 0 Å². The van der Waals surface area contributed by atoms with Crippen LogP contribution in [0.4, 0.5) is 0 Å². The van der Waals surface area contributed by atoms with Crippen LogP contribution in [0, 0.1) is 5.92 Å². The van der Waals surface area contributed by atoms with E-state index in [1.807, 2.05) is 18.2 Å². The number of hydrogen-bond donors (Lipinski definition) is 0. The van der Waals surface area contributed by atoms with Gasteiger partial charge in [-0.3, -0.25) is 0 Å². The van der Waals surface area contributed by atoms with Gasteiger partial charge < -0.3 is 4.74 Å². The molecule has 120 valence electrons. The Hall–Kier alpha value is -1.17. The highest BCUT2D eigenvalue weighted by molar-refractivity contribution is 7.89. The molecule has 4 nitrogen and oxygen atoms in total. The van der Waals surface area contributed by atoms with Crippen molar-refractivity contribution in [2.24, 2.45) is 5.92 Å². The van der Waals surface area contributed by atoms with Crippen LogP contribution in [-0.2, 0) is 14.8 Å². The first-order valence-corrected chi connectivity index (χ1v) is 9.56. The van der Waals surface area contributed by atoms with E-state index in [1.165, 1.54) is 11.1 Å². The minimum Gasteiger partial charge on any atom is -0.381 e. The Morgan fingerprint density at radius 3 is 2.50 bits per heavy atom. The Morgan fingerprint density at radius 2 is 1.86 bits per heavy atom. The van der Waals surface area contributed by atoms with Gasteiger partial charge in [-0.1, -0.05) is 36.4 Å². The quantitative estimate of drug-likeness (QED) is 0.856. The lowest BCUT2D eigenvalue weighted by Crippen LogP contribution is -2.39. The molecule has 0 amide bonds. The van der Waals surface area contributed by atoms with Gasteiger partial charge in [0.05, 0.1) is 5.75 Å². The van der Waals surface area contributed by atoms with Gasteiger partial charge in [0, 0.05) is 26.3 Å². The van der Waals surface area contributed by atoms with Crippen LogP contribution < -0.4 is 0 Å². The fourth-order valence-corrected chi connectivity index (χ4v) is 4.94. The molecule has 1 aromatic carbocycles. The third-order valence-corrected chi connectivity index (χ3v) is 6.51. The molecule has 2 aliphatic heterocycles. The molecule has 2 heterocycles. The first-order valence-electron chi connectivity index (χ1n) is 7.95. The molecule has 0 spiro atoms. The summed E-state index contributed by atoms with van der Waals surface area (Å²) in [5.41, 5.74) is 2.45. The molecule has 0 atom stereocenters. The molecule has 22 heavy (non-hydrogen) atoms. The van der Waals surface area contributed by atoms with Gasteiger partial charge in [0.15, 0.2) is 0 Å². The molecule has 3 rings (SSSR count). The highest BCUT2D eigenvalue weighted by Gasteiger charge is 2.28. The van der Waals surface area contributed by atoms with E-state index in [0.29, 0.717) is 26.3 Å². The largest absolute Gasteiger partial charge is 0.381 e. The summed E-state index contributed by atoms with van der Waals surface area (Å²) in [6.45, 7) is 2.47. The van der Waals surface area contributed by atoms with Gasteiger partial charge in [0.25, 0.3) is 0 Å². The van der Waals surface area contributed by atoms with Crippen molar-refractivity contribution in [1.82, 2.24) is 4.31 Å². The Morgan fingerprint density at radius 1 is 1.14 bits per heavy atom. The second-order valence-electron chi connectivity index (χ2n) is 6.04. The van der Waals surface area contributed by atoms with Gasteiger partial charge in [-0.25, -0.2) is 8.42 Å². The summed E-state index contributed by atoms with van der Waals surface area (Å²) in [5.74, 6) is 0.517. The lowest BCUT2D eigenvalue weighted by Gasteiger charge is -2.29. The van der Waals surface area contributed by atoms with Crippen LogP contribution in [0.1, 0.15) is 24.8 Å². The summed E-state index contributed by atoms with van der Waals surface area (Å²) in [7, 11) is -3.16. The third kappa shape index (κ3) is 3.77. The molecular weight excluding hydrogens is 298 g/mol. The standard InChI is InChI=1S/C17H23NO3S/c19-22(20,14-15-8-12-21-13-9-15)18-10-6-17(7-11-18)16-4-2-1-3-5-16/h1-6,15H,7-14H2. The smallest absolute Gasteiger partial charge is 0.214 e. The number of benzene rings is 1. The zero-order valence-corrected chi connectivity index (χ0v) is 13.6. The van der Waals surface area contributed by atoms with Crippen molar-refractivity contribution in [3.05, 3.63) is 42.0 Å². The minimum atomic E-state index is -3.16. The molecule has 1 aromatic rings. The lowest BCUT2D eigenvalue weighted by molar-refractivity contribution is 0.0720. The summed E-state index contributed by atoms with van der Waals surface area (Å²) in [5, 5.41) is 0. The normalized spacial score (nSPS) is 21.5. The zero-order chi connectivity index (χ0) is 15.4. The van der Waals surface area contributed by atoms with Gasteiger partial charge in [-0.15, -0.1) is 0 Å². The third-order valence-electron chi connectivity index (χ3n) is 4.50. The molecule has 2 aliphatic rings. The Bertz CT molecular complexity index is 619. The van der Waals surface area contributed by atoms with Crippen LogP contribution in [0.25, 0.3) is 5.57 Å². The molecule has 5 heteroatoms. The van der Waals surface area contributed by atoms with Crippen LogP contribution in [-0.4, -0.2) is 44.8 Å². The highest BCUT2D eigenvalue weighted by atomic mass is 32.2. The molecule has 0 saturated carbocycles. The van der Waals surface area contributed by atoms with Crippen molar-refractivity contribution in [3.63, 3.8) is 0 Å². The van der Waals surface area contributed by atoms with Crippen LogP contribution in [0.3, 0.4) is 0 Å². The van der Waals surface area contributed by atoms with E-state index in [4.69, 9.17) is 4.74 Å². The molecule has 0 unspecified atom stereocenters. The predicted molar refractivity (Wildman–Crippen MR) is 87.9 cm³/mol. The van der Waals surface area contributed by atoms with E-state index in [-0.39, 0.29) is 11.7 Å². The number of sulfonamides is 1. The average molecular weight is 321 g/mol. The second-order valence-corrected chi connectivity index (χ2v) is 8.05. The summed E-state index contributed by atoms with van der Waals surface area (Å²) >= 11 is 0. The summed E-state index contributed by atoms with van der Waals surface area (Å²) in [4.78, 5) is 0. The fourth-order valence-electron chi connectivity index (χ4n) is 3.13. The van der Waals surface area contributed by atoms with E-state index in [2.05, 4.69) is 18.2 Å². The summed E-state index contributed by atoms with van der Waals surface area (Å²) in [6, 6.07) is 10.2. The SMILES string of the molecule is O=S(=O)(CC1CCOCC1)N1CC=C(c2ccccc2)CC1. The molecule has 1 saturated heterocycles. The van der Waals surface area contributed by atoms with E-state index in [1.54, 1.807) is 4.31 Å². The number of hydrogen-bond acceptors (Lipinski definition) is 3. The Labute approximate surface area is 132 Å². The van der Waals surface area contributed by atoms with Gasteiger partial charge in [0.2, 0.25) is 10.0 Å². The van der Waals surface area contributed by atoms with E-state index >= 15 is 0 Å². The van der Waals surface area contributed by atoms with Crippen LogP contribution in [0.5, 0.6) is 0 Å². The average Bonchev–Trinajstić information content (AvgIpc) is 2.56. The fraction of sp³-hybridized carbons (Fsp3) is 0.529. The summed E-state index contributed by atoms with van der Waals surface area (Å²) in [6.07, 6.45) is 4.56. The number of rotatable bonds is 4. The van der Waals surface area contributed by atoms with Crippen LogP contribution in [0.15, 0.2) is 36.4 Å². The van der Waals surface area contributed by atoms with Gasteiger partial charge in [-0.2, -0.15) is 4.31 Å². The van der Waals surface area contributed by atoms with E-state index in [9.17, 15) is 8.42 Å². The molecule has 0 radical (unpaired) electrons. The van der Waals surface area contributed by atoms with Crippen molar-refractivity contribution >= 4 is 15.6 Å². The van der Waals surface area contributed by atoms with Crippen molar-refractivity contribution in [2.45, 2.75) is 19.3 Å². The molecule has 0 aromatic heterocycles. The first kappa shape index (κ1) is 15.7. The summed E-state index contributed by atoms with van der Waals surface area (Å²) < 4.78 is 32.0. The highest BCUT2D eigenvalue weighted by Crippen LogP contribution is 2.25. The topological polar surface area (TPSA) is 46.6 Å². The minimum absolute atomic E-state index is 0.248. The van der Waals surface area contributed by atoms with Gasteiger partial charge >= 0.3 is 0 Å². The Balaban J connectivity index is 1.63. The monoisotopic (exact) mass is 321 g/mol. The predicted octanol–water partition coefficient (Wildman–Crippen LogP) is 2.53. The molecule has 0 bridgehead atoms. The second kappa shape index (κ2) is 6.94. The van der Waals surface area contributed by atoms with Crippen molar-refractivity contribution < 1.29 is 13.2 Å². The maximum Gasteiger partial charge on any atom is 0.214 e. The number of ether oxygens (including phenoxy) is 1. The maximum atomic E-state index is 12.6. The van der Waals surface area contributed by atoms with Gasteiger partial charge in [0.1, 0.15) is 0 Å². The van der Waals surface area contributed by atoms with E-state index < -0.39 is 10.0 Å². The molecule has 0 aliphatic carbocycles. The number of nitrogens with zero attached hydrogens (tertiary/aromatic N) is 1. The zero-order valence-electron chi connectivity index (χ0n) is 12.8. The molecule has 1 fully saturated rings.